The zero-order chi connectivity index (χ0) is 9.84. The van der Waals surface area contributed by atoms with Gasteiger partial charge in [0.2, 0.25) is 0 Å². The average Bonchev–Trinajstić information content (AvgIpc) is 2.81. The van der Waals surface area contributed by atoms with Crippen LogP contribution in [0, 0.1) is 5.92 Å². The van der Waals surface area contributed by atoms with Gasteiger partial charge >= 0.3 is 0 Å². The lowest BCUT2D eigenvalue weighted by Crippen LogP contribution is -2.40. The van der Waals surface area contributed by atoms with E-state index in [0.717, 1.165) is 11.7 Å². The highest BCUT2D eigenvalue weighted by Crippen LogP contribution is 2.34. The molecule has 0 aromatic heterocycles. The number of hydrogen-bond donors (Lipinski definition) is 1. The van der Waals surface area contributed by atoms with Crippen molar-refractivity contribution in [3.8, 4) is 0 Å². The summed E-state index contributed by atoms with van der Waals surface area (Å²) >= 11 is 0. The Balaban J connectivity index is 2.23. The number of hydrogen-bond acceptors (Lipinski definition) is 2. The summed E-state index contributed by atoms with van der Waals surface area (Å²) in [5, 5.41) is 3.57. The fourth-order valence-electron chi connectivity index (χ4n) is 1.85. The van der Waals surface area contributed by atoms with Gasteiger partial charge in [-0.3, -0.25) is 4.21 Å². The van der Waals surface area contributed by atoms with Gasteiger partial charge in [0, 0.05) is 34.9 Å². The Morgan fingerprint density at radius 2 is 2.15 bits per heavy atom. The first-order valence-corrected chi connectivity index (χ1v) is 6.92. The second-order valence-corrected chi connectivity index (χ2v) is 5.64. The summed E-state index contributed by atoms with van der Waals surface area (Å²) in [6.07, 6.45) is 5.74. The molecule has 2 nitrogen and oxygen atoms in total. The third-order valence-corrected chi connectivity index (χ3v) is 3.58. The zero-order valence-electron chi connectivity index (χ0n) is 8.88. The van der Waals surface area contributed by atoms with E-state index >= 15 is 0 Å². The molecule has 0 heterocycles. The van der Waals surface area contributed by atoms with E-state index in [0.29, 0.717) is 12.1 Å². The summed E-state index contributed by atoms with van der Waals surface area (Å²) in [5.74, 6) is 1.68. The predicted molar refractivity (Wildman–Crippen MR) is 58.3 cm³/mol. The van der Waals surface area contributed by atoms with Crippen LogP contribution in [0.5, 0.6) is 0 Å². The molecular weight excluding hydrogens is 182 g/mol. The minimum Gasteiger partial charge on any atom is -0.310 e. The van der Waals surface area contributed by atoms with Crippen LogP contribution < -0.4 is 5.32 Å². The van der Waals surface area contributed by atoms with Crippen LogP contribution in [0.2, 0.25) is 0 Å². The fraction of sp³-hybridized carbons (Fsp3) is 1.00. The van der Waals surface area contributed by atoms with Crippen molar-refractivity contribution < 1.29 is 4.21 Å². The van der Waals surface area contributed by atoms with Gasteiger partial charge in [-0.2, -0.15) is 0 Å². The first-order valence-electron chi connectivity index (χ1n) is 5.19. The standard InChI is InChI=1S/C10H21NOS/c1-4-10(9-5-6-9)11-8(2)7-13(3)12/h8-11H,4-7H2,1-3H3. The van der Waals surface area contributed by atoms with Crippen LogP contribution in [0.25, 0.3) is 0 Å². The van der Waals surface area contributed by atoms with Crippen LogP contribution in [0.4, 0.5) is 0 Å². The molecule has 0 aliphatic heterocycles. The minimum atomic E-state index is -0.669. The van der Waals surface area contributed by atoms with Crippen molar-refractivity contribution in [1.29, 1.82) is 0 Å². The van der Waals surface area contributed by atoms with Crippen molar-refractivity contribution in [2.24, 2.45) is 5.92 Å². The van der Waals surface area contributed by atoms with Gasteiger partial charge in [0.1, 0.15) is 0 Å². The van der Waals surface area contributed by atoms with Crippen molar-refractivity contribution in [1.82, 2.24) is 5.32 Å². The van der Waals surface area contributed by atoms with E-state index in [1.165, 1.54) is 19.3 Å². The minimum absolute atomic E-state index is 0.399. The molecule has 0 spiro atoms. The van der Waals surface area contributed by atoms with Gasteiger partial charge in [0.25, 0.3) is 0 Å². The highest BCUT2D eigenvalue weighted by molar-refractivity contribution is 7.84. The lowest BCUT2D eigenvalue weighted by atomic mass is 10.1. The van der Waals surface area contributed by atoms with Crippen LogP contribution in [-0.2, 0) is 10.8 Å². The molecular formula is C10H21NOS. The quantitative estimate of drug-likeness (QED) is 0.709. The maximum Gasteiger partial charge on any atom is 0.0383 e. The molecule has 0 saturated heterocycles. The smallest absolute Gasteiger partial charge is 0.0383 e. The average molecular weight is 203 g/mol. The van der Waals surface area contributed by atoms with Crippen molar-refractivity contribution in [3.05, 3.63) is 0 Å². The Morgan fingerprint density at radius 3 is 2.54 bits per heavy atom. The maximum absolute atomic E-state index is 11.0. The zero-order valence-corrected chi connectivity index (χ0v) is 9.69. The van der Waals surface area contributed by atoms with E-state index in [-0.39, 0.29) is 0 Å². The van der Waals surface area contributed by atoms with Crippen molar-refractivity contribution in [3.63, 3.8) is 0 Å². The van der Waals surface area contributed by atoms with Gasteiger partial charge in [-0.25, -0.2) is 0 Å². The summed E-state index contributed by atoms with van der Waals surface area (Å²) in [5.41, 5.74) is 0. The van der Waals surface area contributed by atoms with E-state index in [1.54, 1.807) is 6.26 Å². The molecule has 1 aliphatic carbocycles. The van der Waals surface area contributed by atoms with E-state index < -0.39 is 10.8 Å². The van der Waals surface area contributed by atoms with Crippen molar-refractivity contribution >= 4 is 10.8 Å². The van der Waals surface area contributed by atoms with Crippen LogP contribution in [0.15, 0.2) is 0 Å². The topological polar surface area (TPSA) is 29.1 Å². The van der Waals surface area contributed by atoms with Crippen molar-refractivity contribution in [2.75, 3.05) is 12.0 Å². The highest BCUT2D eigenvalue weighted by Gasteiger charge is 2.30. The summed E-state index contributed by atoms with van der Waals surface area (Å²) in [7, 11) is -0.669. The van der Waals surface area contributed by atoms with E-state index in [9.17, 15) is 4.21 Å². The second-order valence-electron chi connectivity index (χ2n) is 4.16. The molecule has 1 aliphatic rings. The third-order valence-electron chi connectivity index (χ3n) is 2.61. The van der Waals surface area contributed by atoms with Gasteiger partial charge in [0.15, 0.2) is 0 Å². The Hall–Kier alpha value is 0.110. The summed E-state index contributed by atoms with van der Waals surface area (Å²) in [6.45, 7) is 4.36. The Morgan fingerprint density at radius 1 is 1.54 bits per heavy atom. The second kappa shape index (κ2) is 5.11. The molecule has 0 aromatic rings. The van der Waals surface area contributed by atoms with Gasteiger partial charge in [-0.15, -0.1) is 0 Å². The summed E-state index contributed by atoms with van der Waals surface area (Å²) in [6, 6.07) is 1.06. The lowest BCUT2D eigenvalue weighted by Gasteiger charge is -2.21. The number of rotatable bonds is 6. The molecule has 0 bridgehead atoms. The molecule has 1 N–H and O–H groups in total. The van der Waals surface area contributed by atoms with Crippen LogP contribution in [-0.4, -0.2) is 28.3 Å². The van der Waals surface area contributed by atoms with Crippen LogP contribution in [0.3, 0.4) is 0 Å². The molecule has 0 amide bonds. The SMILES string of the molecule is CCC(NC(C)CS(C)=O)C1CC1. The summed E-state index contributed by atoms with van der Waals surface area (Å²) in [4.78, 5) is 0. The maximum atomic E-state index is 11.0. The highest BCUT2D eigenvalue weighted by atomic mass is 32.2. The van der Waals surface area contributed by atoms with Crippen LogP contribution >= 0.6 is 0 Å². The monoisotopic (exact) mass is 203 g/mol. The molecule has 3 atom stereocenters. The van der Waals surface area contributed by atoms with Crippen LogP contribution in [0.1, 0.15) is 33.1 Å². The normalized spacial score (nSPS) is 23.9. The van der Waals surface area contributed by atoms with E-state index in [2.05, 4.69) is 19.2 Å². The van der Waals surface area contributed by atoms with Gasteiger partial charge in [-0.1, -0.05) is 6.92 Å². The molecule has 1 saturated carbocycles. The largest absolute Gasteiger partial charge is 0.310 e. The molecule has 3 unspecified atom stereocenters. The Kier molecular flexibility index (Phi) is 4.39. The molecule has 3 heteroatoms. The van der Waals surface area contributed by atoms with E-state index in [4.69, 9.17) is 0 Å². The molecule has 1 fully saturated rings. The van der Waals surface area contributed by atoms with Gasteiger partial charge in [-0.05, 0) is 32.1 Å². The molecule has 0 aromatic carbocycles. The van der Waals surface area contributed by atoms with Gasteiger partial charge in [0.05, 0.1) is 0 Å². The fourth-order valence-corrected chi connectivity index (χ4v) is 2.65. The lowest BCUT2D eigenvalue weighted by molar-refractivity contribution is 0.414. The van der Waals surface area contributed by atoms with Gasteiger partial charge < -0.3 is 5.32 Å². The Bertz CT molecular complexity index is 180. The van der Waals surface area contributed by atoms with Crippen molar-refractivity contribution in [2.45, 2.75) is 45.2 Å². The number of nitrogens with one attached hydrogen (secondary N) is 1. The van der Waals surface area contributed by atoms with E-state index in [1.807, 2.05) is 0 Å². The first-order chi connectivity index (χ1) is 6.13. The third kappa shape index (κ3) is 4.23. The molecule has 0 radical (unpaired) electrons. The molecule has 78 valence electrons. The summed E-state index contributed by atoms with van der Waals surface area (Å²) < 4.78 is 11.0. The Labute approximate surface area is 83.9 Å². The molecule has 13 heavy (non-hydrogen) atoms. The first kappa shape index (κ1) is 11.2. The molecule has 1 rings (SSSR count). The predicted octanol–water partition coefficient (Wildman–Crippen LogP) is 1.53.